The summed E-state index contributed by atoms with van der Waals surface area (Å²) in [5.41, 5.74) is 16.8. The predicted molar refractivity (Wildman–Crippen MR) is 176 cm³/mol. The molecule has 0 bridgehead atoms. The Morgan fingerprint density at radius 2 is 2.02 bits per heavy atom. The zero-order valence-electron chi connectivity index (χ0n) is 26.3. The lowest BCUT2D eigenvalue weighted by molar-refractivity contribution is 0.232. The molecular formula is C32H38N12OS. The number of fused-ring (bicyclic) bond motifs is 5. The fourth-order valence-corrected chi connectivity index (χ4v) is 9.38. The first-order chi connectivity index (χ1) is 22.3. The maximum Gasteiger partial charge on any atom is 0.186 e. The fraction of sp³-hybridized carbons (Fsp3) is 0.500. The van der Waals surface area contributed by atoms with E-state index in [0.29, 0.717) is 39.8 Å². The number of nitrogen functional groups attached to an aromatic ring is 2. The van der Waals surface area contributed by atoms with Crippen molar-refractivity contribution in [1.29, 1.82) is 5.26 Å². The summed E-state index contributed by atoms with van der Waals surface area (Å²) < 4.78 is 8.34. The van der Waals surface area contributed by atoms with Crippen LogP contribution in [0.15, 0.2) is 16.8 Å². The Kier molecular flexibility index (Phi) is 6.80. The van der Waals surface area contributed by atoms with Crippen LogP contribution in [0, 0.1) is 11.3 Å². The first-order valence-electron chi connectivity index (χ1n) is 16.1. The minimum absolute atomic E-state index is 0.106. The number of anilines is 3. The number of hydrogen-bond acceptors (Lipinski definition) is 12. The lowest BCUT2D eigenvalue weighted by atomic mass is 9.63. The number of likely N-dealkylation sites (tertiary alicyclic amines) is 1. The molecule has 8 rings (SSSR count). The van der Waals surface area contributed by atoms with E-state index in [0.717, 1.165) is 85.1 Å². The van der Waals surface area contributed by atoms with Gasteiger partial charge in [0.05, 0.1) is 40.3 Å². The SMILES string of the molecule is C[C@@H](Nc1nc(-c2noc3c2CCC[C@@]32CCCc3sc(N)c(C#N)c32)nc2c1cnn2[C@@H](C)[C@@H]1CCCN1C)c1cc(N)n[nH]1. The average Bonchev–Trinajstić information content (AvgIpc) is 3.87. The van der Waals surface area contributed by atoms with Crippen molar-refractivity contribution in [1.82, 2.24) is 40.0 Å². The van der Waals surface area contributed by atoms with E-state index in [4.69, 9.17) is 31.1 Å². The third-order valence-electron chi connectivity index (χ3n) is 10.5. The Morgan fingerprint density at radius 3 is 2.76 bits per heavy atom. The number of nitrogens with one attached hydrogen (secondary N) is 2. The largest absolute Gasteiger partial charge is 0.389 e. The van der Waals surface area contributed by atoms with Crippen LogP contribution < -0.4 is 16.8 Å². The summed E-state index contributed by atoms with van der Waals surface area (Å²) in [6.07, 6.45) is 9.58. The van der Waals surface area contributed by atoms with E-state index in [2.05, 4.69) is 45.6 Å². The van der Waals surface area contributed by atoms with E-state index in [1.165, 1.54) is 11.3 Å². The van der Waals surface area contributed by atoms with Gasteiger partial charge in [0, 0.05) is 22.5 Å². The molecule has 238 valence electrons. The van der Waals surface area contributed by atoms with E-state index < -0.39 is 5.41 Å². The van der Waals surface area contributed by atoms with Gasteiger partial charge < -0.3 is 26.2 Å². The van der Waals surface area contributed by atoms with Crippen LogP contribution in [0.4, 0.5) is 16.6 Å². The van der Waals surface area contributed by atoms with E-state index >= 15 is 0 Å². The van der Waals surface area contributed by atoms with E-state index in [9.17, 15) is 5.26 Å². The number of aromatic amines is 1. The average molecular weight is 639 g/mol. The summed E-state index contributed by atoms with van der Waals surface area (Å²) in [7, 11) is 2.18. The quantitative estimate of drug-likeness (QED) is 0.194. The minimum Gasteiger partial charge on any atom is -0.389 e. The molecule has 3 aliphatic rings. The molecule has 1 saturated heterocycles. The van der Waals surface area contributed by atoms with Crippen LogP contribution in [0.5, 0.6) is 0 Å². The lowest BCUT2D eigenvalue weighted by Gasteiger charge is -2.39. The maximum atomic E-state index is 10.1. The number of H-pyrrole nitrogens is 1. The minimum atomic E-state index is -0.421. The van der Waals surface area contributed by atoms with Gasteiger partial charge in [-0.3, -0.25) is 5.10 Å². The maximum absolute atomic E-state index is 10.1. The second-order valence-corrected chi connectivity index (χ2v) is 14.3. The van der Waals surface area contributed by atoms with Crippen molar-refractivity contribution in [2.75, 3.05) is 30.4 Å². The highest BCUT2D eigenvalue weighted by Crippen LogP contribution is 2.55. The van der Waals surface area contributed by atoms with Crippen molar-refractivity contribution < 1.29 is 4.52 Å². The molecule has 5 aromatic rings. The van der Waals surface area contributed by atoms with Crippen molar-refractivity contribution in [2.45, 2.75) is 88.8 Å². The summed E-state index contributed by atoms with van der Waals surface area (Å²) >= 11 is 1.54. The first-order valence-corrected chi connectivity index (χ1v) is 16.9. The molecule has 0 saturated carbocycles. The molecule has 0 unspecified atom stereocenters. The Hall–Kier alpha value is -4.48. The van der Waals surface area contributed by atoms with E-state index in [1.807, 2.05) is 23.9 Å². The molecule has 1 fully saturated rings. The summed E-state index contributed by atoms with van der Waals surface area (Å²) in [5.74, 6) is 2.40. The summed E-state index contributed by atoms with van der Waals surface area (Å²) in [5, 5.41) is 31.8. The Bertz CT molecular complexity index is 1990. The van der Waals surface area contributed by atoms with Gasteiger partial charge in [-0.2, -0.15) is 15.5 Å². The number of thiophene rings is 1. The fourth-order valence-electron chi connectivity index (χ4n) is 8.22. The Labute approximate surface area is 270 Å². The summed E-state index contributed by atoms with van der Waals surface area (Å²) in [4.78, 5) is 13.8. The Morgan fingerprint density at radius 1 is 1.20 bits per heavy atom. The first kappa shape index (κ1) is 29.0. The van der Waals surface area contributed by atoms with Crippen LogP contribution in [-0.2, 0) is 18.3 Å². The van der Waals surface area contributed by atoms with Gasteiger partial charge in [-0.1, -0.05) is 5.16 Å². The van der Waals surface area contributed by atoms with Crippen LogP contribution >= 0.6 is 11.3 Å². The molecule has 2 aliphatic carbocycles. The number of aromatic nitrogens is 7. The topological polar surface area (TPSA) is 189 Å². The molecule has 0 radical (unpaired) electrons. The van der Waals surface area contributed by atoms with Gasteiger partial charge in [-0.05, 0) is 84.4 Å². The Balaban J connectivity index is 1.27. The molecule has 13 nitrogen and oxygen atoms in total. The zero-order chi connectivity index (χ0) is 31.7. The van der Waals surface area contributed by atoms with Gasteiger partial charge in [0.2, 0.25) is 0 Å². The van der Waals surface area contributed by atoms with Crippen LogP contribution in [0.1, 0.15) is 97.5 Å². The molecule has 1 aliphatic heterocycles. The number of hydrogen-bond donors (Lipinski definition) is 4. The second-order valence-electron chi connectivity index (χ2n) is 13.1. The third-order valence-corrected chi connectivity index (χ3v) is 11.6. The molecule has 4 atom stereocenters. The molecular weight excluding hydrogens is 601 g/mol. The van der Waals surface area contributed by atoms with Gasteiger partial charge in [0.1, 0.15) is 22.7 Å². The van der Waals surface area contributed by atoms with Gasteiger partial charge in [0.25, 0.3) is 0 Å². The lowest BCUT2D eigenvalue weighted by Crippen LogP contribution is -2.35. The van der Waals surface area contributed by atoms with E-state index in [-0.39, 0.29) is 12.1 Å². The molecule has 6 N–H and O–H groups in total. The number of nitrogens with two attached hydrogens (primary N) is 2. The second kappa shape index (κ2) is 10.8. The van der Waals surface area contributed by atoms with E-state index in [1.54, 1.807) is 11.3 Å². The van der Waals surface area contributed by atoms with Crippen LogP contribution in [0.2, 0.25) is 0 Å². The van der Waals surface area contributed by atoms with Gasteiger partial charge >= 0.3 is 0 Å². The summed E-state index contributed by atoms with van der Waals surface area (Å²) in [6.45, 7) is 5.32. The molecule has 6 heterocycles. The van der Waals surface area contributed by atoms with Crippen molar-refractivity contribution in [3.05, 3.63) is 45.3 Å². The van der Waals surface area contributed by atoms with Crippen molar-refractivity contribution >= 4 is 39.0 Å². The molecule has 5 aromatic heterocycles. The predicted octanol–water partition coefficient (Wildman–Crippen LogP) is 5.09. The highest BCUT2D eigenvalue weighted by molar-refractivity contribution is 7.16. The standard InChI is InChI=1S/C32H38N12OS/c1-16(21-13-24(34)41-40-21)37-29-20-15-36-44(17(2)22-8-6-12-43(22)3)31(20)39-30(38-29)26-18-7-4-10-32(27(18)45-42-26)11-5-9-23-25(32)19(14-33)28(35)46-23/h13,15-17,22H,4-12,35H2,1-3H3,(H3,34,40,41)(H,37,38,39)/t16-,17+,22+,32+/m1/s1. The molecule has 14 heteroatoms. The molecule has 0 amide bonds. The molecule has 46 heavy (non-hydrogen) atoms. The van der Waals surface area contributed by atoms with Crippen LogP contribution in [-0.4, -0.2) is 59.6 Å². The van der Waals surface area contributed by atoms with Crippen molar-refractivity contribution in [3.63, 3.8) is 0 Å². The van der Waals surface area contributed by atoms with Gasteiger partial charge in [0.15, 0.2) is 22.9 Å². The molecule has 0 aromatic carbocycles. The number of nitriles is 1. The van der Waals surface area contributed by atoms with Gasteiger partial charge in [-0.25, -0.2) is 14.6 Å². The number of nitrogens with zero attached hydrogens (tertiary/aromatic N) is 8. The van der Waals surface area contributed by atoms with Crippen LogP contribution in [0.3, 0.4) is 0 Å². The number of rotatable bonds is 6. The summed E-state index contributed by atoms with van der Waals surface area (Å²) in [6, 6.07) is 4.52. The monoisotopic (exact) mass is 638 g/mol. The van der Waals surface area contributed by atoms with Gasteiger partial charge in [-0.15, -0.1) is 11.3 Å². The number of aryl methyl sites for hydroxylation is 1. The smallest absolute Gasteiger partial charge is 0.186 e. The highest BCUT2D eigenvalue weighted by Gasteiger charge is 2.49. The zero-order valence-corrected chi connectivity index (χ0v) is 27.1. The molecule has 1 spiro atoms. The van der Waals surface area contributed by atoms with Crippen LogP contribution in [0.25, 0.3) is 22.6 Å². The van der Waals surface area contributed by atoms with Crippen molar-refractivity contribution in [2.24, 2.45) is 0 Å². The number of likely N-dealkylation sites (N-methyl/N-ethyl adjacent to an activating group) is 1. The third kappa shape index (κ3) is 4.32. The highest BCUT2D eigenvalue weighted by atomic mass is 32.1. The normalized spacial score (nSPS) is 22.5. The van der Waals surface area contributed by atoms with Crippen molar-refractivity contribution in [3.8, 4) is 17.6 Å².